The molecule has 0 aliphatic carbocycles. The number of hydrogen-bond acceptors (Lipinski definition) is 5. The van der Waals surface area contributed by atoms with Crippen molar-refractivity contribution in [1.82, 2.24) is 9.97 Å². The second kappa shape index (κ2) is 7.53. The number of ether oxygens (including phenoxy) is 3. The molecule has 2 aromatic heterocycles. The SMILES string of the molecule is CCCOC(C)c1ccc2[nH]c3cnc(OC(=O)OCC)cc3c2c1. The Balaban J connectivity index is 1.96. The van der Waals surface area contributed by atoms with Gasteiger partial charge >= 0.3 is 6.16 Å². The normalized spacial score (nSPS) is 12.4. The first-order valence-electron chi connectivity index (χ1n) is 8.50. The van der Waals surface area contributed by atoms with Gasteiger partial charge in [-0.1, -0.05) is 13.0 Å². The summed E-state index contributed by atoms with van der Waals surface area (Å²) in [7, 11) is 0. The molecule has 0 radical (unpaired) electrons. The van der Waals surface area contributed by atoms with Crippen LogP contribution in [-0.4, -0.2) is 29.3 Å². The molecule has 1 atom stereocenters. The van der Waals surface area contributed by atoms with Crippen molar-refractivity contribution in [2.24, 2.45) is 0 Å². The zero-order valence-corrected chi connectivity index (χ0v) is 14.7. The van der Waals surface area contributed by atoms with Crippen molar-refractivity contribution in [3.05, 3.63) is 36.0 Å². The van der Waals surface area contributed by atoms with Gasteiger partial charge in [-0.15, -0.1) is 0 Å². The topological polar surface area (TPSA) is 73.4 Å². The van der Waals surface area contributed by atoms with E-state index in [0.717, 1.165) is 40.4 Å². The number of hydrogen-bond donors (Lipinski definition) is 1. The molecule has 3 aromatic rings. The third kappa shape index (κ3) is 3.74. The van der Waals surface area contributed by atoms with Crippen LogP contribution in [0.25, 0.3) is 21.8 Å². The maximum Gasteiger partial charge on any atom is 0.515 e. The van der Waals surface area contributed by atoms with Crippen LogP contribution >= 0.6 is 0 Å². The molecule has 0 aliphatic rings. The maximum absolute atomic E-state index is 11.5. The number of aromatic amines is 1. The van der Waals surface area contributed by atoms with Crippen LogP contribution in [0.3, 0.4) is 0 Å². The van der Waals surface area contributed by atoms with Gasteiger partial charge in [0, 0.05) is 29.0 Å². The number of fused-ring (bicyclic) bond motifs is 3. The Labute approximate surface area is 146 Å². The Morgan fingerprint density at radius 1 is 1.20 bits per heavy atom. The molecule has 1 aromatic carbocycles. The van der Waals surface area contributed by atoms with E-state index in [-0.39, 0.29) is 18.6 Å². The summed E-state index contributed by atoms with van der Waals surface area (Å²) in [4.78, 5) is 18.9. The molecule has 6 heteroatoms. The molecule has 25 heavy (non-hydrogen) atoms. The van der Waals surface area contributed by atoms with Crippen LogP contribution in [0.5, 0.6) is 5.88 Å². The summed E-state index contributed by atoms with van der Waals surface area (Å²) in [6.45, 7) is 6.85. The molecular weight excluding hydrogens is 320 g/mol. The van der Waals surface area contributed by atoms with E-state index in [9.17, 15) is 4.79 Å². The van der Waals surface area contributed by atoms with Gasteiger partial charge in [-0.25, -0.2) is 9.78 Å². The second-order valence-electron chi connectivity index (χ2n) is 5.80. The lowest BCUT2D eigenvalue weighted by Crippen LogP contribution is -2.10. The number of carbonyl (C=O) groups is 1. The Hall–Kier alpha value is -2.60. The van der Waals surface area contributed by atoms with E-state index in [4.69, 9.17) is 14.2 Å². The average molecular weight is 342 g/mol. The van der Waals surface area contributed by atoms with Crippen LogP contribution in [0.4, 0.5) is 4.79 Å². The number of benzene rings is 1. The molecule has 0 amide bonds. The second-order valence-corrected chi connectivity index (χ2v) is 5.80. The fraction of sp³-hybridized carbons (Fsp3) is 0.368. The van der Waals surface area contributed by atoms with Crippen LogP contribution in [-0.2, 0) is 9.47 Å². The van der Waals surface area contributed by atoms with E-state index in [2.05, 4.69) is 29.0 Å². The molecule has 0 fully saturated rings. The van der Waals surface area contributed by atoms with E-state index >= 15 is 0 Å². The van der Waals surface area contributed by atoms with Crippen LogP contribution in [0.15, 0.2) is 30.5 Å². The minimum absolute atomic E-state index is 0.0198. The predicted molar refractivity (Wildman–Crippen MR) is 95.9 cm³/mol. The summed E-state index contributed by atoms with van der Waals surface area (Å²) in [5.74, 6) is 0.215. The molecule has 6 nitrogen and oxygen atoms in total. The number of aromatic nitrogens is 2. The number of nitrogens with one attached hydrogen (secondary N) is 1. The molecule has 0 aliphatic heterocycles. The summed E-state index contributed by atoms with van der Waals surface area (Å²) in [5.41, 5.74) is 2.98. The summed E-state index contributed by atoms with van der Waals surface area (Å²) in [6, 6.07) is 7.93. The Kier molecular flexibility index (Phi) is 5.19. The summed E-state index contributed by atoms with van der Waals surface area (Å²) in [5, 5.41) is 1.98. The zero-order valence-electron chi connectivity index (χ0n) is 14.7. The number of H-pyrrole nitrogens is 1. The van der Waals surface area contributed by atoms with Crippen LogP contribution < -0.4 is 4.74 Å². The van der Waals surface area contributed by atoms with E-state index in [0.29, 0.717) is 0 Å². The lowest BCUT2D eigenvalue weighted by Gasteiger charge is -2.12. The minimum atomic E-state index is -0.753. The van der Waals surface area contributed by atoms with Crippen molar-refractivity contribution >= 4 is 28.0 Å². The fourth-order valence-electron chi connectivity index (χ4n) is 2.73. The van der Waals surface area contributed by atoms with Gasteiger partial charge in [-0.05, 0) is 38.0 Å². The summed E-state index contributed by atoms with van der Waals surface area (Å²) in [6.07, 6.45) is 1.91. The van der Waals surface area contributed by atoms with E-state index in [1.54, 1.807) is 19.2 Å². The molecule has 132 valence electrons. The first-order valence-corrected chi connectivity index (χ1v) is 8.50. The zero-order chi connectivity index (χ0) is 17.8. The third-order valence-corrected chi connectivity index (χ3v) is 3.97. The lowest BCUT2D eigenvalue weighted by molar-refractivity contribution is 0.0663. The predicted octanol–water partition coefficient (Wildman–Crippen LogP) is 4.74. The van der Waals surface area contributed by atoms with Crippen molar-refractivity contribution in [3.63, 3.8) is 0 Å². The standard InChI is InChI=1S/C19H22N2O4/c1-4-8-24-12(3)13-6-7-16-14(9-13)15-10-18(20-11-17(15)21-16)25-19(22)23-5-2/h6-7,9-12,21H,4-5,8H2,1-3H3. The van der Waals surface area contributed by atoms with E-state index in [1.165, 1.54) is 0 Å². The Morgan fingerprint density at radius 3 is 2.76 bits per heavy atom. The van der Waals surface area contributed by atoms with Crippen LogP contribution in [0.2, 0.25) is 0 Å². The number of rotatable bonds is 6. The van der Waals surface area contributed by atoms with Gasteiger partial charge in [-0.3, -0.25) is 0 Å². The van der Waals surface area contributed by atoms with Crippen molar-refractivity contribution in [2.75, 3.05) is 13.2 Å². The molecule has 2 heterocycles. The van der Waals surface area contributed by atoms with Gasteiger partial charge in [0.05, 0.1) is 24.4 Å². The molecule has 1 N–H and O–H groups in total. The van der Waals surface area contributed by atoms with Crippen molar-refractivity contribution < 1.29 is 19.0 Å². The Morgan fingerprint density at radius 2 is 2.00 bits per heavy atom. The first-order chi connectivity index (χ1) is 12.1. The number of carbonyl (C=O) groups excluding carboxylic acids is 1. The fourth-order valence-corrected chi connectivity index (χ4v) is 2.73. The monoisotopic (exact) mass is 342 g/mol. The largest absolute Gasteiger partial charge is 0.515 e. The van der Waals surface area contributed by atoms with Crippen molar-refractivity contribution in [3.8, 4) is 5.88 Å². The van der Waals surface area contributed by atoms with Crippen LogP contribution in [0, 0.1) is 0 Å². The minimum Gasteiger partial charge on any atom is -0.434 e. The quantitative estimate of drug-likeness (QED) is 0.655. The highest BCUT2D eigenvalue weighted by Crippen LogP contribution is 2.30. The average Bonchev–Trinajstić information content (AvgIpc) is 2.97. The molecule has 0 saturated carbocycles. The van der Waals surface area contributed by atoms with Gasteiger partial charge in [0.15, 0.2) is 0 Å². The van der Waals surface area contributed by atoms with Crippen molar-refractivity contribution in [1.29, 1.82) is 0 Å². The summed E-state index contributed by atoms with van der Waals surface area (Å²) >= 11 is 0. The molecule has 0 bridgehead atoms. The number of pyridine rings is 1. The Bertz CT molecular complexity index is 888. The highest BCUT2D eigenvalue weighted by molar-refractivity contribution is 6.07. The van der Waals surface area contributed by atoms with Gasteiger partial charge in [0.1, 0.15) is 0 Å². The molecule has 0 spiro atoms. The molecule has 1 unspecified atom stereocenters. The van der Waals surface area contributed by atoms with Gasteiger partial charge < -0.3 is 19.2 Å². The van der Waals surface area contributed by atoms with Gasteiger partial charge in [-0.2, -0.15) is 0 Å². The molecular formula is C19H22N2O4. The third-order valence-electron chi connectivity index (χ3n) is 3.97. The lowest BCUT2D eigenvalue weighted by atomic mass is 10.1. The van der Waals surface area contributed by atoms with Gasteiger partial charge in [0.25, 0.3) is 0 Å². The van der Waals surface area contributed by atoms with Crippen LogP contribution in [0.1, 0.15) is 38.9 Å². The highest BCUT2D eigenvalue weighted by atomic mass is 16.7. The van der Waals surface area contributed by atoms with Gasteiger partial charge in [0.2, 0.25) is 5.88 Å². The molecule has 3 rings (SSSR count). The smallest absolute Gasteiger partial charge is 0.434 e. The molecule has 0 saturated heterocycles. The van der Waals surface area contributed by atoms with Crippen molar-refractivity contribution in [2.45, 2.75) is 33.3 Å². The highest BCUT2D eigenvalue weighted by Gasteiger charge is 2.12. The first kappa shape index (κ1) is 17.2. The van der Waals surface area contributed by atoms with E-state index < -0.39 is 6.16 Å². The maximum atomic E-state index is 11.5. The summed E-state index contributed by atoms with van der Waals surface area (Å²) < 4.78 is 15.7. The number of nitrogens with zero attached hydrogens (tertiary/aromatic N) is 1. The van der Waals surface area contributed by atoms with E-state index in [1.807, 2.05) is 13.0 Å².